The van der Waals surface area contributed by atoms with E-state index in [4.69, 9.17) is 26.9 Å². The van der Waals surface area contributed by atoms with Crippen molar-refractivity contribution in [2.24, 2.45) is 0 Å². The van der Waals surface area contributed by atoms with Crippen molar-refractivity contribution in [3.63, 3.8) is 0 Å². The number of rotatable bonds is 12. The van der Waals surface area contributed by atoms with Crippen molar-refractivity contribution >= 4 is 33.8 Å². The van der Waals surface area contributed by atoms with Gasteiger partial charge in [-0.15, -0.1) is 0 Å². The molecule has 182 valence electrons. The summed E-state index contributed by atoms with van der Waals surface area (Å²) in [6.45, 7) is 26.9. The Hall–Kier alpha value is 0.588. The lowest BCUT2D eigenvalue weighted by atomic mass is 10.5. The average molecular weight is 500 g/mol. The maximum Gasteiger partial charge on any atom is 0.315 e. The molecular weight excluding hydrogens is 451 g/mol. The van der Waals surface area contributed by atoms with Gasteiger partial charge in [-0.1, -0.05) is 0 Å². The van der Waals surface area contributed by atoms with Crippen LogP contribution in [0.1, 0.15) is 13.3 Å². The standard InChI is InChI=1S/C14H38O4Si4.C5H11NO2/c1-11-15-13-12-14-22(10,17-20(5,6)7)18-21(8,9)16-19(2,3)4;7-5-6-1-3-8-4-2-6/h11-14H2,1-10H3;7H,1-5H2. The summed E-state index contributed by atoms with van der Waals surface area (Å²) >= 11 is 0. The van der Waals surface area contributed by atoms with E-state index in [-0.39, 0.29) is 6.73 Å². The molecule has 1 aliphatic heterocycles. The van der Waals surface area contributed by atoms with Crippen molar-refractivity contribution in [3.05, 3.63) is 0 Å². The SMILES string of the molecule is CCOCCC[Si](C)(O[Si](C)(C)C)O[Si](C)(C)O[Si](C)(C)C.OCN1CCOCC1. The lowest BCUT2D eigenvalue weighted by Crippen LogP contribution is -2.56. The monoisotopic (exact) mass is 499 g/mol. The van der Waals surface area contributed by atoms with Gasteiger partial charge in [0.25, 0.3) is 0 Å². The Morgan fingerprint density at radius 2 is 1.37 bits per heavy atom. The Kier molecular flexibility index (Phi) is 14.3. The molecule has 0 spiro atoms. The summed E-state index contributed by atoms with van der Waals surface area (Å²) in [5.41, 5.74) is 0. The van der Waals surface area contributed by atoms with E-state index in [9.17, 15) is 0 Å². The van der Waals surface area contributed by atoms with Crippen LogP contribution in [0.3, 0.4) is 0 Å². The molecule has 0 radical (unpaired) electrons. The van der Waals surface area contributed by atoms with Gasteiger partial charge in [-0.3, -0.25) is 4.90 Å². The maximum atomic E-state index is 8.56. The fourth-order valence-electron chi connectivity index (χ4n) is 3.43. The Morgan fingerprint density at radius 1 is 0.833 bits per heavy atom. The number of nitrogens with zero attached hydrogens (tertiary/aromatic N) is 1. The first kappa shape index (κ1) is 30.6. The molecular formula is C19H49NO6Si4. The Bertz CT molecular complexity index is 453. The largest absolute Gasteiger partial charge is 0.437 e. The smallest absolute Gasteiger partial charge is 0.315 e. The van der Waals surface area contributed by atoms with Gasteiger partial charge in [-0.25, -0.2) is 0 Å². The highest BCUT2D eigenvalue weighted by atomic mass is 28.5. The molecule has 0 amide bonds. The molecule has 1 rings (SSSR count). The normalized spacial score (nSPS) is 18.5. The van der Waals surface area contributed by atoms with Gasteiger partial charge in [0.1, 0.15) is 0 Å². The van der Waals surface area contributed by atoms with Gasteiger partial charge in [-0.2, -0.15) is 0 Å². The summed E-state index contributed by atoms with van der Waals surface area (Å²) in [4.78, 5) is 1.95. The summed E-state index contributed by atoms with van der Waals surface area (Å²) in [5, 5.41) is 8.56. The lowest BCUT2D eigenvalue weighted by molar-refractivity contribution is -0.00309. The van der Waals surface area contributed by atoms with E-state index < -0.39 is 33.8 Å². The number of ether oxygens (including phenoxy) is 2. The molecule has 11 heteroatoms. The van der Waals surface area contributed by atoms with Crippen LogP contribution in [0.5, 0.6) is 0 Å². The maximum absolute atomic E-state index is 8.56. The van der Waals surface area contributed by atoms with Gasteiger partial charge in [0, 0.05) is 26.3 Å². The van der Waals surface area contributed by atoms with Gasteiger partial charge < -0.3 is 26.9 Å². The molecule has 1 atom stereocenters. The first-order valence-electron chi connectivity index (χ1n) is 11.2. The average Bonchev–Trinajstić information content (AvgIpc) is 2.55. The minimum atomic E-state index is -2.23. The highest BCUT2D eigenvalue weighted by Crippen LogP contribution is 2.27. The second-order valence-corrected chi connectivity index (χ2v) is 26.7. The van der Waals surface area contributed by atoms with Gasteiger partial charge in [0.2, 0.25) is 0 Å². The highest BCUT2D eigenvalue weighted by molar-refractivity contribution is 6.89. The van der Waals surface area contributed by atoms with Crippen LogP contribution in [0.15, 0.2) is 0 Å². The number of aliphatic hydroxyl groups excluding tert-OH is 1. The zero-order valence-electron chi connectivity index (χ0n) is 21.3. The molecule has 0 aromatic heterocycles. The van der Waals surface area contributed by atoms with Crippen molar-refractivity contribution in [3.8, 4) is 0 Å². The first-order chi connectivity index (χ1) is 13.6. The van der Waals surface area contributed by atoms with E-state index >= 15 is 0 Å². The van der Waals surface area contributed by atoms with Crippen molar-refractivity contribution in [2.45, 2.75) is 78.3 Å². The van der Waals surface area contributed by atoms with Gasteiger partial charge in [0.15, 0.2) is 16.6 Å². The molecule has 1 heterocycles. The Labute approximate surface area is 190 Å². The quantitative estimate of drug-likeness (QED) is 0.319. The molecule has 0 saturated carbocycles. The zero-order valence-corrected chi connectivity index (χ0v) is 25.3. The van der Waals surface area contributed by atoms with Crippen molar-refractivity contribution in [1.82, 2.24) is 4.90 Å². The summed E-state index contributed by atoms with van der Waals surface area (Å²) < 4.78 is 30.0. The topological polar surface area (TPSA) is 69.6 Å². The van der Waals surface area contributed by atoms with Crippen LogP contribution < -0.4 is 0 Å². The third kappa shape index (κ3) is 17.2. The number of hydrogen-bond acceptors (Lipinski definition) is 7. The predicted molar refractivity (Wildman–Crippen MR) is 134 cm³/mol. The molecule has 7 nitrogen and oxygen atoms in total. The summed E-state index contributed by atoms with van der Waals surface area (Å²) in [6.07, 6.45) is 0.998. The summed E-state index contributed by atoms with van der Waals surface area (Å²) in [7, 11) is -7.64. The Morgan fingerprint density at radius 3 is 1.77 bits per heavy atom. The van der Waals surface area contributed by atoms with Gasteiger partial charge >= 0.3 is 17.1 Å². The number of hydrogen-bond donors (Lipinski definition) is 1. The molecule has 1 N–H and O–H groups in total. The fourth-order valence-corrected chi connectivity index (χ4v) is 21.4. The molecule has 0 bridgehead atoms. The second kappa shape index (κ2) is 14.0. The van der Waals surface area contributed by atoms with E-state index in [2.05, 4.69) is 58.9 Å². The molecule has 0 aliphatic carbocycles. The van der Waals surface area contributed by atoms with E-state index in [0.717, 1.165) is 52.0 Å². The van der Waals surface area contributed by atoms with E-state index in [1.807, 2.05) is 11.8 Å². The highest BCUT2D eigenvalue weighted by Gasteiger charge is 2.44. The Balaban J connectivity index is 0.000000867. The van der Waals surface area contributed by atoms with Crippen molar-refractivity contribution in [2.75, 3.05) is 46.2 Å². The zero-order chi connectivity index (χ0) is 23.5. The molecule has 1 saturated heterocycles. The molecule has 0 aromatic rings. The molecule has 1 unspecified atom stereocenters. The molecule has 30 heavy (non-hydrogen) atoms. The second-order valence-electron chi connectivity index (χ2n) is 10.2. The summed E-state index contributed by atoms with van der Waals surface area (Å²) in [5.74, 6) is 0. The van der Waals surface area contributed by atoms with Crippen LogP contribution >= 0.6 is 0 Å². The van der Waals surface area contributed by atoms with E-state index in [1.165, 1.54) is 0 Å². The van der Waals surface area contributed by atoms with Crippen LogP contribution in [-0.2, 0) is 21.8 Å². The van der Waals surface area contributed by atoms with Crippen molar-refractivity contribution < 1.29 is 26.9 Å². The molecule has 1 aliphatic rings. The third-order valence-corrected chi connectivity index (χ3v) is 17.5. The van der Waals surface area contributed by atoms with E-state index in [0.29, 0.717) is 0 Å². The molecule has 0 aromatic carbocycles. The van der Waals surface area contributed by atoms with E-state index in [1.54, 1.807) is 0 Å². The van der Waals surface area contributed by atoms with Crippen LogP contribution in [0.25, 0.3) is 0 Å². The van der Waals surface area contributed by atoms with Gasteiger partial charge in [-0.05, 0) is 78.3 Å². The van der Waals surface area contributed by atoms with Crippen LogP contribution in [0.2, 0.25) is 65.0 Å². The van der Waals surface area contributed by atoms with Gasteiger partial charge in [0.05, 0.1) is 19.9 Å². The third-order valence-electron chi connectivity index (χ3n) is 3.96. The van der Waals surface area contributed by atoms with Crippen LogP contribution in [0, 0.1) is 0 Å². The fraction of sp³-hybridized carbons (Fsp3) is 1.00. The van der Waals surface area contributed by atoms with Crippen LogP contribution in [0.4, 0.5) is 0 Å². The lowest BCUT2D eigenvalue weighted by Gasteiger charge is -2.41. The summed E-state index contributed by atoms with van der Waals surface area (Å²) in [6, 6.07) is 0.975. The number of morpholine rings is 1. The minimum Gasteiger partial charge on any atom is -0.437 e. The predicted octanol–water partition coefficient (Wildman–Crippen LogP) is 4.17. The molecule has 1 fully saturated rings. The number of aliphatic hydroxyl groups is 1. The first-order valence-corrected chi connectivity index (χ1v) is 23.4. The van der Waals surface area contributed by atoms with Crippen LogP contribution in [-0.4, -0.2) is 90.0 Å². The minimum absolute atomic E-state index is 0.170. The van der Waals surface area contributed by atoms with Crippen molar-refractivity contribution in [1.29, 1.82) is 0 Å².